The fraction of sp³-hybridized carbons (Fsp3) is 0.0588. The number of benzene rings is 2. The molecular weight excluding hydrogens is 300 g/mol. The first kappa shape index (κ1) is 14.4. The monoisotopic (exact) mass is 312 g/mol. The second-order valence-corrected chi connectivity index (χ2v) is 5.07. The predicted octanol–water partition coefficient (Wildman–Crippen LogP) is 3.81. The molecule has 0 atom stereocenters. The van der Waals surface area contributed by atoms with Gasteiger partial charge in [-0.05, 0) is 23.8 Å². The summed E-state index contributed by atoms with van der Waals surface area (Å²) in [6.07, 6.45) is 2.93. The number of aromatic nitrogens is 1. The van der Waals surface area contributed by atoms with Gasteiger partial charge >= 0.3 is 0 Å². The number of oxazole rings is 1. The van der Waals surface area contributed by atoms with Crippen LogP contribution in [0, 0.1) is 0 Å². The summed E-state index contributed by atoms with van der Waals surface area (Å²) >= 11 is 6.03. The summed E-state index contributed by atoms with van der Waals surface area (Å²) in [7, 11) is 0. The Morgan fingerprint density at radius 2 is 1.95 bits per heavy atom. The van der Waals surface area contributed by atoms with Crippen molar-refractivity contribution in [2.75, 3.05) is 0 Å². The smallest absolute Gasteiger partial charge is 0.244 e. The maximum Gasteiger partial charge on any atom is 0.244 e. The van der Waals surface area contributed by atoms with Gasteiger partial charge in [-0.2, -0.15) is 0 Å². The van der Waals surface area contributed by atoms with Gasteiger partial charge in [0.05, 0.1) is 0 Å². The Kier molecular flexibility index (Phi) is 4.21. The number of nitrogens with one attached hydrogen (secondary N) is 1. The van der Waals surface area contributed by atoms with Crippen LogP contribution in [0.3, 0.4) is 0 Å². The summed E-state index contributed by atoms with van der Waals surface area (Å²) in [5.74, 6) is 0.163. The second kappa shape index (κ2) is 6.45. The summed E-state index contributed by atoms with van der Waals surface area (Å²) in [5, 5.41) is 3.39. The highest BCUT2D eigenvalue weighted by atomic mass is 35.5. The Hall–Kier alpha value is -2.59. The van der Waals surface area contributed by atoms with Crippen molar-refractivity contribution in [2.45, 2.75) is 6.54 Å². The van der Waals surface area contributed by atoms with E-state index in [1.54, 1.807) is 12.1 Å². The van der Waals surface area contributed by atoms with E-state index in [-0.39, 0.29) is 5.91 Å². The van der Waals surface area contributed by atoms with E-state index in [4.69, 9.17) is 16.0 Å². The Bertz CT molecular complexity index is 806. The number of para-hydroxylation sites is 2. The topological polar surface area (TPSA) is 55.1 Å². The molecule has 22 heavy (non-hydrogen) atoms. The second-order valence-electron chi connectivity index (χ2n) is 4.66. The van der Waals surface area contributed by atoms with Crippen LogP contribution < -0.4 is 5.32 Å². The van der Waals surface area contributed by atoms with Crippen LogP contribution in [0.5, 0.6) is 0 Å². The van der Waals surface area contributed by atoms with E-state index in [9.17, 15) is 4.79 Å². The van der Waals surface area contributed by atoms with Crippen molar-refractivity contribution >= 4 is 34.7 Å². The number of hydrogen-bond acceptors (Lipinski definition) is 3. The molecule has 0 spiro atoms. The molecule has 0 aliphatic carbocycles. The minimum Gasteiger partial charge on any atom is -0.437 e. The Labute approximate surface area is 132 Å². The number of carbonyl (C=O) groups is 1. The highest BCUT2D eigenvalue weighted by Gasteiger charge is 2.03. The first-order chi connectivity index (χ1) is 10.7. The van der Waals surface area contributed by atoms with Crippen molar-refractivity contribution in [3.63, 3.8) is 0 Å². The number of halogens is 1. The maximum absolute atomic E-state index is 11.8. The quantitative estimate of drug-likeness (QED) is 0.745. The summed E-state index contributed by atoms with van der Waals surface area (Å²) in [5.41, 5.74) is 2.32. The van der Waals surface area contributed by atoms with Gasteiger partial charge in [0.15, 0.2) is 5.58 Å². The standard InChI is InChI=1S/C17H13ClN2O2/c18-13-6-2-1-5-12(13)11-19-16(21)9-10-17-20-14-7-3-4-8-15(14)22-17/h1-10H,11H2,(H,19,21)/b10-9+. The molecule has 0 saturated carbocycles. The van der Waals surface area contributed by atoms with Gasteiger partial charge in [0.2, 0.25) is 11.8 Å². The highest BCUT2D eigenvalue weighted by Crippen LogP contribution is 2.16. The molecule has 0 fully saturated rings. The first-order valence-electron chi connectivity index (χ1n) is 6.77. The zero-order valence-corrected chi connectivity index (χ0v) is 12.4. The van der Waals surface area contributed by atoms with Crippen LogP contribution in [0.15, 0.2) is 59.0 Å². The molecule has 1 amide bonds. The first-order valence-corrected chi connectivity index (χ1v) is 7.15. The minimum atomic E-state index is -0.234. The largest absolute Gasteiger partial charge is 0.437 e. The molecule has 1 aromatic heterocycles. The molecule has 0 aliphatic heterocycles. The van der Waals surface area contributed by atoms with Crippen molar-refractivity contribution in [1.82, 2.24) is 10.3 Å². The Morgan fingerprint density at radius 1 is 1.18 bits per heavy atom. The van der Waals surface area contributed by atoms with Crippen LogP contribution >= 0.6 is 11.6 Å². The van der Waals surface area contributed by atoms with Gasteiger partial charge in [-0.1, -0.05) is 41.9 Å². The lowest BCUT2D eigenvalue weighted by molar-refractivity contribution is -0.116. The summed E-state index contributed by atoms with van der Waals surface area (Å²) in [4.78, 5) is 16.1. The summed E-state index contributed by atoms with van der Waals surface area (Å²) in [6, 6.07) is 14.8. The van der Waals surface area contributed by atoms with Gasteiger partial charge in [-0.25, -0.2) is 4.98 Å². The SMILES string of the molecule is O=C(/C=C/c1nc2ccccc2o1)NCc1ccccc1Cl. The summed E-state index contributed by atoms with van der Waals surface area (Å²) in [6.45, 7) is 0.371. The van der Waals surface area contributed by atoms with Gasteiger partial charge < -0.3 is 9.73 Å². The molecule has 4 nitrogen and oxygen atoms in total. The van der Waals surface area contributed by atoms with E-state index in [2.05, 4.69) is 10.3 Å². The van der Waals surface area contributed by atoms with Crippen LogP contribution in [0.2, 0.25) is 5.02 Å². The molecule has 2 aromatic carbocycles. The lowest BCUT2D eigenvalue weighted by Gasteiger charge is -2.04. The Morgan fingerprint density at radius 3 is 2.77 bits per heavy atom. The van der Waals surface area contributed by atoms with Gasteiger partial charge in [0, 0.05) is 23.7 Å². The molecule has 0 radical (unpaired) electrons. The zero-order valence-electron chi connectivity index (χ0n) is 11.6. The highest BCUT2D eigenvalue weighted by molar-refractivity contribution is 6.31. The molecule has 5 heteroatoms. The third kappa shape index (κ3) is 3.35. The van der Waals surface area contributed by atoms with Crippen molar-refractivity contribution in [1.29, 1.82) is 0 Å². The van der Waals surface area contributed by atoms with Crippen molar-refractivity contribution in [2.24, 2.45) is 0 Å². The predicted molar refractivity (Wildman–Crippen MR) is 86.3 cm³/mol. The van der Waals surface area contributed by atoms with Crippen molar-refractivity contribution in [3.8, 4) is 0 Å². The van der Waals surface area contributed by atoms with Crippen molar-refractivity contribution in [3.05, 3.63) is 71.1 Å². The van der Waals surface area contributed by atoms with Crippen LogP contribution in [0.4, 0.5) is 0 Å². The van der Waals surface area contributed by atoms with E-state index in [1.807, 2.05) is 42.5 Å². The van der Waals surface area contributed by atoms with E-state index in [0.29, 0.717) is 23.0 Å². The molecule has 0 saturated heterocycles. The minimum absolute atomic E-state index is 0.234. The van der Waals surface area contributed by atoms with Gasteiger partial charge in [-0.15, -0.1) is 0 Å². The van der Waals surface area contributed by atoms with Gasteiger partial charge in [-0.3, -0.25) is 4.79 Å². The molecule has 0 bridgehead atoms. The van der Waals surface area contributed by atoms with Crippen molar-refractivity contribution < 1.29 is 9.21 Å². The number of hydrogen-bond donors (Lipinski definition) is 1. The molecule has 1 N–H and O–H groups in total. The molecule has 3 rings (SSSR count). The number of fused-ring (bicyclic) bond motifs is 1. The van der Waals surface area contributed by atoms with E-state index in [1.165, 1.54) is 6.08 Å². The van der Waals surface area contributed by atoms with Crippen LogP contribution in [0.25, 0.3) is 17.2 Å². The molecule has 1 heterocycles. The summed E-state index contributed by atoms with van der Waals surface area (Å²) < 4.78 is 5.50. The van der Waals surface area contributed by atoms with E-state index in [0.717, 1.165) is 11.1 Å². The fourth-order valence-electron chi connectivity index (χ4n) is 1.99. The number of nitrogens with zero attached hydrogens (tertiary/aromatic N) is 1. The molecule has 0 aliphatic rings. The molecule has 3 aromatic rings. The maximum atomic E-state index is 11.8. The normalized spacial score (nSPS) is 11.1. The van der Waals surface area contributed by atoms with Crippen LogP contribution in [-0.2, 0) is 11.3 Å². The average Bonchev–Trinajstić information content (AvgIpc) is 2.95. The lowest BCUT2D eigenvalue weighted by atomic mass is 10.2. The Balaban J connectivity index is 1.62. The van der Waals surface area contributed by atoms with E-state index < -0.39 is 0 Å². The molecule has 0 unspecified atom stereocenters. The molecule has 110 valence electrons. The third-order valence-electron chi connectivity index (χ3n) is 3.10. The number of amides is 1. The van der Waals surface area contributed by atoms with Gasteiger partial charge in [0.25, 0.3) is 0 Å². The van der Waals surface area contributed by atoms with Crippen LogP contribution in [-0.4, -0.2) is 10.9 Å². The zero-order chi connectivity index (χ0) is 15.4. The van der Waals surface area contributed by atoms with Crippen LogP contribution in [0.1, 0.15) is 11.5 Å². The fourth-order valence-corrected chi connectivity index (χ4v) is 2.19. The van der Waals surface area contributed by atoms with E-state index >= 15 is 0 Å². The average molecular weight is 313 g/mol. The number of rotatable bonds is 4. The molecular formula is C17H13ClN2O2. The number of carbonyl (C=O) groups excluding carboxylic acids is 1. The van der Waals surface area contributed by atoms with Gasteiger partial charge in [0.1, 0.15) is 5.52 Å². The third-order valence-corrected chi connectivity index (χ3v) is 3.47. The lowest BCUT2D eigenvalue weighted by Crippen LogP contribution is -2.20.